The highest BCUT2D eigenvalue weighted by Crippen LogP contribution is 2.36. The second-order valence-electron chi connectivity index (χ2n) is 6.56. The largest absolute Gasteiger partial charge is 0.417 e. The summed E-state index contributed by atoms with van der Waals surface area (Å²) in [5.74, 6) is -1.10. The highest BCUT2D eigenvalue weighted by atomic mass is 35.5. The maximum Gasteiger partial charge on any atom is 0.417 e. The Bertz CT molecular complexity index is 1100. The predicted molar refractivity (Wildman–Crippen MR) is 98.4 cm³/mol. The van der Waals surface area contributed by atoms with Crippen LogP contribution in [0, 0.1) is 5.82 Å². The Morgan fingerprint density at radius 3 is 2.63 bits per heavy atom. The lowest BCUT2D eigenvalue weighted by Gasteiger charge is -2.24. The molecular weight excluding hydrogens is 428 g/mol. The van der Waals surface area contributed by atoms with Crippen molar-refractivity contribution in [3.63, 3.8) is 0 Å². The molecule has 156 valence electrons. The number of aromatic nitrogens is 3. The Labute approximate surface area is 172 Å². The normalized spacial score (nSPS) is 16.2. The Morgan fingerprint density at radius 2 is 1.93 bits per heavy atom. The molecule has 0 unspecified atom stereocenters. The summed E-state index contributed by atoms with van der Waals surface area (Å²) in [6.07, 6.45) is -5.06. The first kappa shape index (κ1) is 20.3. The lowest BCUT2D eigenvalue weighted by atomic mass is 10.1. The quantitative estimate of drug-likeness (QED) is 0.604. The fourth-order valence-corrected chi connectivity index (χ4v) is 3.30. The summed E-state index contributed by atoms with van der Waals surface area (Å²) in [5.41, 5.74) is -0.0758. The number of carbonyl (C=O) groups excluding carboxylic acids is 1. The number of rotatable bonds is 3. The van der Waals surface area contributed by atoms with E-state index in [0.29, 0.717) is 5.69 Å². The van der Waals surface area contributed by atoms with Crippen LogP contribution >= 0.6 is 11.6 Å². The number of nitrogens with one attached hydrogen (secondary N) is 1. The highest BCUT2D eigenvalue weighted by Gasteiger charge is 2.34. The van der Waals surface area contributed by atoms with Crippen molar-refractivity contribution in [1.82, 2.24) is 15.0 Å². The van der Waals surface area contributed by atoms with Gasteiger partial charge in [-0.2, -0.15) is 13.2 Å². The first-order valence-corrected chi connectivity index (χ1v) is 9.07. The third kappa shape index (κ3) is 4.01. The number of fused-ring (bicyclic) bond motifs is 1. The third-order valence-electron chi connectivity index (χ3n) is 4.58. The van der Waals surface area contributed by atoms with Crippen molar-refractivity contribution >= 4 is 23.2 Å². The summed E-state index contributed by atoms with van der Waals surface area (Å²) in [6, 6.07) is 8.87. The van der Waals surface area contributed by atoms with E-state index >= 15 is 0 Å². The zero-order valence-corrected chi connectivity index (χ0v) is 15.8. The molecule has 0 saturated carbocycles. The van der Waals surface area contributed by atoms with Gasteiger partial charge in [0, 0.05) is 5.69 Å². The van der Waals surface area contributed by atoms with E-state index in [9.17, 15) is 22.4 Å². The molecule has 2 heterocycles. The van der Waals surface area contributed by atoms with Crippen LogP contribution in [-0.4, -0.2) is 20.9 Å². The molecule has 11 heteroatoms. The second kappa shape index (κ2) is 7.69. The predicted octanol–water partition coefficient (Wildman–Crippen LogP) is 4.61. The van der Waals surface area contributed by atoms with E-state index in [1.54, 1.807) is 12.1 Å². The zero-order chi connectivity index (χ0) is 21.5. The standard InChI is InChI=1S/C19H13ClF4N4O2/c20-14-6-5-12(7-13(14)19(22,23)24)25-18(29)17-15-9-30-16(8-28(15)27-26-17)10-1-3-11(21)4-2-10/h1-7,16H,8-9H2,(H,25,29)/t16-/m0/s1. The number of amides is 1. The Balaban J connectivity index is 1.52. The molecule has 3 aromatic rings. The van der Waals surface area contributed by atoms with Gasteiger partial charge in [0.05, 0.1) is 29.4 Å². The monoisotopic (exact) mass is 440 g/mol. The minimum absolute atomic E-state index is 0.00617. The molecule has 1 N–H and O–H groups in total. The van der Waals surface area contributed by atoms with Gasteiger partial charge in [0.1, 0.15) is 11.9 Å². The summed E-state index contributed by atoms with van der Waals surface area (Å²) >= 11 is 5.59. The molecular formula is C19H13ClF4N4O2. The average molecular weight is 441 g/mol. The number of benzene rings is 2. The van der Waals surface area contributed by atoms with E-state index in [4.69, 9.17) is 16.3 Å². The first-order chi connectivity index (χ1) is 14.2. The van der Waals surface area contributed by atoms with Crippen molar-refractivity contribution in [1.29, 1.82) is 0 Å². The van der Waals surface area contributed by atoms with Crippen molar-refractivity contribution in [3.8, 4) is 0 Å². The number of carbonyl (C=O) groups is 1. The minimum atomic E-state index is -4.66. The molecule has 0 radical (unpaired) electrons. The van der Waals surface area contributed by atoms with E-state index in [2.05, 4.69) is 15.6 Å². The van der Waals surface area contributed by atoms with E-state index in [1.807, 2.05) is 0 Å². The van der Waals surface area contributed by atoms with Crippen LogP contribution in [0.3, 0.4) is 0 Å². The van der Waals surface area contributed by atoms with Crippen LogP contribution in [0.2, 0.25) is 5.02 Å². The van der Waals surface area contributed by atoms with Gasteiger partial charge in [0.2, 0.25) is 0 Å². The summed E-state index contributed by atoms with van der Waals surface area (Å²) < 4.78 is 59.3. The van der Waals surface area contributed by atoms with Gasteiger partial charge in [-0.3, -0.25) is 4.79 Å². The van der Waals surface area contributed by atoms with Gasteiger partial charge in [-0.15, -0.1) is 5.10 Å². The van der Waals surface area contributed by atoms with Gasteiger partial charge in [-0.05, 0) is 35.9 Å². The molecule has 6 nitrogen and oxygen atoms in total. The van der Waals surface area contributed by atoms with E-state index < -0.39 is 28.8 Å². The highest BCUT2D eigenvalue weighted by molar-refractivity contribution is 6.31. The lowest BCUT2D eigenvalue weighted by molar-refractivity contribution is -0.137. The number of ether oxygens (including phenoxy) is 1. The summed E-state index contributed by atoms with van der Waals surface area (Å²) in [4.78, 5) is 12.5. The number of hydrogen-bond acceptors (Lipinski definition) is 4. The number of nitrogens with zero attached hydrogens (tertiary/aromatic N) is 3. The molecule has 1 atom stereocenters. The van der Waals surface area contributed by atoms with E-state index in [-0.39, 0.29) is 30.4 Å². The van der Waals surface area contributed by atoms with Crippen LogP contribution in [0.5, 0.6) is 0 Å². The summed E-state index contributed by atoms with van der Waals surface area (Å²) in [7, 11) is 0. The first-order valence-electron chi connectivity index (χ1n) is 8.70. The molecule has 0 saturated heterocycles. The Kier molecular flexibility index (Phi) is 5.20. The molecule has 0 fully saturated rings. The zero-order valence-electron chi connectivity index (χ0n) is 15.1. The van der Waals surface area contributed by atoms with Crippen molar-refractivity contribution in [2.75, 3.05) is 5.32 Å². The topological polar surface area (TPSA) is 69.0 Å². The molecule has 1 aliphatic heterocycles. The van der Waals surface area contributed by atoms with Gasteiger partial charge in [-0.25, -0.2) is 9.07 Å². The van der Waals surface area contributed by atoms with Gasteiger partial charge in [0.25, 0.3) is 5.91 Å². The van der Waals surface area contributed by atoms with Crippen LogP contribution in [0.1, 0.15) is 33.4 Å². The maximum absolute atomic E-state index is 13.1. The molecule has 2 aromatic carbocycles. The lowest BCUT2D eigenvalue weighted by Crippen LogP contribution is -2.24. The Hall–Kier alpha value is -2.98. The van der Waals surface area contributed by atoms with Crippen molar-refractivity contribution in [2.45, 2.75) is 25.4 Å². The van der Waals surface area contributed by atoms with E-state index in [0.717, 1.165) is 17.7 Å². The van der Waals surface area contributed by atoms with Crippen LogP contribution in [0.25, 0.3) is 0 Å². The Morgan fingerprint density at radius 1 is 1.20 bits per heavy atom. The van der Waals surface area contributed by atoms with E-state index in [1.165, 1.54) is 22.9 Å². The van der Waals surface area contributed by atoms with Gasteiger partial charge < -0.3 is 10.1 Å². The fraction of sp³-hybridized carbons (Fsp3) is 0.211. The molecule has 4 rings (SSSR count). The number of hydrogen-bond donors (Lipinski definition) is 1. The minimum Gasteiger partial charge on any atom is -0.365 e. The molecule has 1 aromatic heterocycles. The van der Waals surface area contributed by atoms with Crippen LogP contribution in [0.15, 0.2) is 42.5 Å². The SMILES string of the molecule is O=C(Nc1ccc(Cl)c(C(F)(F)F)c1)c1nnn2c1CO[C@H](c1ccc(F)cc1)C2. The summed E-state index contributed by atoms with van der Waals surface area (Å²) in [5, 5.41) is 9.67. The second-order valence-corrected chi connectivity index (χ2v) is 6.97. The molecule has 1 amide bonds. The summed E-state index contributed by atoms with van der Waals surface area (Å²) in [6.45, 7) is 0.257. The van der Waals surface area contributed by atoms with Gasteiger partial charge in [-0.1, -0.05) is 28.9 Å². The molecule has 0 aliphatic carbocycles. The van der Waals surface area contributed by atoms with Crippen LogP contribution in [-0.2, 0) is 24.1 Å². The van der Waals surface area contributed by atoms with Gasteiger partial charge >= 0.3 is 6.18 Å². The van der Waals surface area contributed by atoms with Crippen LogP contribution < -0.4 is 5.32 Å². The molecule has 0 bridgehead atoms. The maximum atomic E-state index is 13.1. The number of anilines is 1. The molecule has 1 aliphatic rings. The molecule has 30 heavy (non-hydrogen) atoms. The van der Waals surface area contributed by atoms with Crippen molar-refractivity contribution in [2.24, 2.45) is 0 Å². The van der Waals surface area contributed by atoms with Crippen molar-refractivity contribution < 1.29 is 27.1 Å². The fourth-order valence-electron chi connectivity index (χ4n) is 3.08. The average Bonchev–Trinajstić information content (AvgIpc) is 3.12. The van der Waals surface area contributed by atoms with Crippen LogP contribution in [0.4, 0.5) is 23.2 Å². The molecule has 0 spiro atoms. The number of alkyl halides is 3. The van der Waals surface area contributed by atoms with Crippen molar-refractivity contribution in [3.05, 3.63) is 75.8 Å². The number of halogens is 5. The van der Waals surface area contributed by atoms with Gasteiger partial charge in [0.15, 0.2) is 5.69 Å². The third-order valence-corrected chi connectivity index (χ3v) is 4.91. The smallest absolute Gasteiger partial charge is 0.365 e.